The topological polar surface area (TPSA) is 60.7 Å². The molecule has 0 radical (unpaired) electrons. The molecule has 0 aliphatic heterocycles. The van der Waals surface area contributed by atoms with Crippen molar-refractivity contribution in [3.63, 3.8) is 0 Å². The van der Waals surface area contributed by atoms with Crippen LogP contribution >= 0.6 is 0 Å². The van der Waals surface area contributed by atoms with E-state index in [-0.39, 0.29) is 36.6 Å². The van der Waals surface area contributed by atoms with Gasteiger partial charge in [-0.05, 0) is 42.1 Å². The van der Waals surface area contributed by atoms with Gasteiger partial charge in [0.1, 0.15) is 0 Å². The predicted molar refractivity (Wildman–Crippen MR) is 71.0 cm³/mol. The number of hydrogen-bond donors (Lipinski definition) is 3. The molecule has 1 fully saturated rings. The summed E-state index contributed by atoms with van der Waals surface area (Å²) < 4.78 is 0. The Balaban J connectivity index is 2.43. The molecule has 3 heteroatoms. The quantitative estimate of drug-likeness (QED) is 0.658. The Labute approximate surface area is 110 Å². The maximum atomic E-state index is 10.3. The molecule has 4 atom stereocenters. The zero-order valence-electron chi connectivity index (χ0n) is 11.7. The summed E-state index contributed by atoms with van der Waals surface area (Å²) in [6.45, 7) is 6.64. The molecule has 0 aromatic carbocycles. The molecule has 3 nitrogen and oxygen atoms in total. The van der Waals surface area contributed by atoms with E-state index in [9.17, 15) is 15.3 Å². The Hall–Kier alpha value is -0.380. The van der Waals surface area contributed by atoms with Crippen LogP contribution in [-0.4, -0.2) is 34.6 Å². The standard InChI is InChI=1S/C15H26O3/c1-9-11-5-15(2,3)6-12(11)13(8-17)10(7-16)4-14(9)18/h9-11,14,16-18H,4-8H2,1-3H3. The summed E-state index contributed by atoms with van der Waals surface area (Å²) in [6.07, 6.45) is 2.26. The van der Waals surface area contributed by atoms with Crippen molar-refractivity contribution >= 4 is 0 Å². The van der Waals surface area contributed by atoms with Crippen LogP contribution in [0.3, 0.4) is 0 Å². The molecule has 0 spiro atoms. The fourth-order valence-corrected chi connectivity index (χ4v) is 3.89. The van der Waals surface area contributed by atoms with E-state index >= 15 is 0 Å². The largest absolute Gasteiger partial charge is 0.396 e. The molecule has 2 aliphatic carbocycles. The first-order chi connectivity index (χ1) is 8.39. The Morgan fingerprint density at radius 1 is 1.28 bits per heavy atom. The van der Waals surface area contributed by atoms with Crippen LogP contribution in [0.15, 0.2) is 11.1 Å². The van der Waals surface area contributed by atoms with Crippen molar-refractivity contribution in [3.8, 4) is 0 Å². The van der Waals surface area contributed by atoms with Gasteiger partial charge in [-0.2, -0.15) is 0 Å². The molecule has 2 rings (SSSR count). The van der Waals surface area contributed by atoms with Gasteiger partial charge in [0.15, 0.2) is 0 Å². The molecule has 4 unspecified atom stereocenters. The third kappa shape index (κ3) is 2.36. The SMILES string of the molecule is CC1C(O)CC(CO)C(CO)=C2CC(C)(C)CC21. The minimum absolute atomic E-state index is 0.0204. The number of aliphatic hydroxyl groups is 3. The second-order valence-electron chi connectivity index (χ2n) is 6.90. The summed E-state index contributed by atoms with van der Waals surface area (Å²) >= 11 is 0. The summed E-state index contributed by atoms with van der Waals surface area (Å²) in [7, 11) is 0. The van der Waals surface area contributed by atoms with Crippen molar-refractivity contribution in [1.29, 1.82) is 0 Å². The zero-order chi connectivity index (χ0) is 13.5. The number of fused-ring (bicyclic) bond motifs is 1. The first-order valence-electron chi connectivity index (χ1n) is 7.01. The highest BCUT2D eigenvalue weighted by atomic mass is 16.3. The Morgan fingerprint density at radius 3 is 2.50 bits per heavy atom. The predicted octanol–water partition coefficient (Wildman–Crippen LogP) is 1.72. The van der Waals surface area contributed by atoms with Gasteiger partial charge in [-0.25, -0.2) is 0 Å². The molecule has 3 N–H and O–H groups in total. The molecule has 104 valence electrons. The maximum absolute atomic E-state index is 10.3. The highest BCUT2D eigenvalue weighted by Crippen LogP contribution is 2.52. The van der Waals surface area contributed by atoms with Crippen molar-refractivity contribution in [2.75, 3.05) is 13.2 Å². The number of rotatable bonds is 2. The molecule has 0 bridgehead atoms. The summed E-state index contributed by atoms with van der Waals surface area (Å²) in [5, 5.41) is 29.4. The molecule has 0 heterocycles. The van der Waals surface area contributed by atoms with E-state index in [2.05, 4.69) is 20.8 Å². The first kappa shape index (κ1) is 14.0. The van der Waals surface area contributed by atoms with E-state index in [1.807, 2.05) is 0 Å². The molecular formula is C15H26O3. The Kier molecular flexibility index (Phi) is 3.86. The smallest absolute Gasteiger partial charge is 0.0648 e. The average molecular weight is 254 g/mol. The lowest BCUT2D eigenvalue weighted by atomic mass is 9.83. The van der Waals surface area contributed by atoms with Crippen molar-refractivity contribution < 1.29 is 15.3 Å². The molecule has 1 saturated carbocycles. The molecule has 2 aliphatic rings. The van der Waals surface area contributed by atoms with Gasteiger partial charge < -0.3 is 15.3 Å². The maximum Gasteiger partial charge on any atom is 0.0648 e. The summed E-state index contributed by atoms with van der Waals surface area (Å²) in [5.41, 5.74) is 2.55. The van der Waals surface area contributed by atoms with Crippen LogP contribution in [0.4, 0.5) is 0 Å². The lowest BCUT2D eigenvalue weighted by molar-refractivity contribution is 0.0655. The van der Waals surface area contributed by atoms with Crippen molar-refractivity contribution in [3.05, 3.63) is 11.1 Å². The van der Waals surface area contributed by atoms with Crippen LogP contribution in [0.5, 0.6) is 0 Å². The number of hydrogen-bond acceptors (Lipinski definition) is 3. The van der Waals surface area contributed by atoms with Gasteiger partial charge in [-0.1, -0.05) is 26.3 Å². The molecule has 0 aromatic rings. The van der Waals surface area contributed by atoms with Gasteiger partial charge in [0, 0.05) is 12.5 Å². The molecule has 18 heavy (non-hydrogen) atoms. The van der Waals surface area contributed by atoms with Crippen LogP contribution < -0.4 is 0 Å². The van der Waals surface area contributed by atoms with Crippen molar-refractivity contribution in [2.24, 2.45) is 23.2 Å². The lowest BCUT2D eigenvalue weighted by Crippen LogP contribution is -2.26. The number of allylic oxidation sites excluding steroid dienone is 1. The molecule has 0 amide bonds. The highest BCUT2D eigenvalue weighted by molar-refractivity contribution is 5.28. The van der Waals surface area contributed by atoms with Crippen molar-refractivity contribution in [2.45, 2.75) is 46.1 Å². The van der Waals surface area contributed by atoms with E-state index in [1.54, 1.807) is 0 Å². The fourth-order valence-electron chi connectivity index (χ4n) is 3.89. The van der Waals surface area contributed by atoms with Crippen LogP contribution in [-0.2, 0) is 0 Å². The van der Waals surface area contributed by atoms with Gasteiger partial charge in [-0.15, -0.1) is 0 Å². The Morgan fingerprint density at radius 2 is 1.94 bits per heavy atom. The van der Waals surface area contributed by atoms with Gasteiger partial charge >= 0.3 is 0 Å². The zero-order valence-corrected chi connectivity index (χ0v) is 11.7. The molecule has 0 saturated heterocycles. The third-order valence-corrected chi connectivity index (χ3v) is 4.95. The lowest BCUT2D eigenvalue weighted by Gasteiger charge is -2.25. The van der Waals surface area contributed by atoms with E-state index in [0.29, 0.717) is 12.3 Å². The van der Waals surface area contributed by atoms with E-state index in [1.165, 1.54) is 5.57 Å². The minimum Gasteiger partial charge on any atom is -0.396 e. The monoisotopic (exact) mass is 254 g/mol. The van der Waals surface area contributed by atoms with Gasteiger partial charge in [-0.3, -0.25) is 0 Å². The summed E-state index contributed by atoms with van der Waals surface area (Å²) in [4.78, 5) is 0. The van der Waals surface area contributed by atoms with E-state index in [0.717, 1.165) is 18.4 Å². The van der Waals surface area contributed by atoms with Gasteiger partial charge in [0.2, 0.25) is 0 Å². The highest BCUT2D eigenvalue weighted by Gasteiger charge is 2.44. The van der Waals surface area contributed by atoms with Crippen LogP contribution in [0.2, 0.25) is 0 Å². The first-order valence-corrected chi connectivity index (χ1v) is 7.01. The minimum atomic E-state index is -0.375. The Bertz CT molecular complexity index is 346. The molecule has 0 aromatic heterocycles. The second-order valence-corrected chi connectivity index (χ2v) is 6.90. The second kappa shape index (κ2) is 4.95. The van der Waals surface area contributed by atoms with Crippen LogP contribution in [0, 0.1) is 23.2 Å². The fraction of sp³-hybridized carbons (Fsp3) is 0.867. The number of aliphatic hydroxyl groups excluding tert-OH is 3. The normalized spacial score (nSPS) is 39.7. The average Bonchev–Trinajstić information content (AvgIpc) is 2.59. The summed E-state index contributed by atoms with van der Waals surface area (Å²) in [5.74, 6) is 0.523. The van der Waals surface area contributed by atoms with Crippen LogP contribution in [0.1, 0.15) is 40.0 Å². The van der Waals surface area contributed by atoms with E-state index < -0.39 is 0 Å². The van der Waals surface area contributed by atoms with Crippen LogP contribution in [0.25, 0.3) is 0 Å². The third-order valence-electron chi connectivity index (χ3n) is 4.95. The summed E-state index contributed by atoms with van der Waals surface area (Å²) in [6, 6.07) is 0. The van der Waals surface area contributed by atoms with Crippen molar-refractivity contribution in [1.82, 2.24) is 0 Å². The van der Waals surface area contributed by atoms with Gasteiger partial charge in [0.05, 0.1) is 12.7 Å². The molecular weight excluding hydrogens is 228 g/mol. The van der Waals surface area contributed by atoms with E-state index in [4.69, 9.17) is 0 Å². The van der Waals surface area contributed by atoms with Gasteiger partial charge in [0.25, 0.3) is 0 Å².